The molecule has 0 heterocycles. The molecule has 2 atom stereocenters. The van der Waals surface area contributed by atoms with Gasteiger partial charge < -0.3 is 4.74 Å². The Labute approximate surface area is 125 Å². The van der Waals surface area contributed by atoms with Crippen LogP contribution in [0, 0.1) is 5.92 Å². The Hall–Kier alpha value is -0.420. The highest BCUT2D eigenvalue weighted by Crippen LogP contribution is 2.42. The summed E-state index contributed by atoms with van der Waals surface area (Å²) < 4.78 is 20.6. The minimum atomic E-state index is -1.18. The van der Waals surface area contributed by atoms with Gasteiger partial charge in [0.15, 0.2) is 0 Å². The quantitative estimate of drug-likeness (QED) is 0.795. The normalized spacial score (nSPS) is 21.1. The molecule has 1 aliphatic carbocycles. The second-order valence-electron chi connectivity index (χ2n) is 7.94. The largest absolute Gasteiger partial charge is 0.460 e. The van der Waals surface area contributed by atoms with Crippen molar-refractivity contribution in [3.63, 3.8) is 0 Å². The van der Waals surface area contributed by atoms with Crippen LogP contribution in [0.3, 0.4) is 0 Å². The van der Waals surface area contributed by atoms with Crippen molar-refractivity contribution in [2.24, 2.45) is 5.92 Å². The van der Waals surface area contributed by atoms with Crippen molar-refractivity contribution in [2.45, 2.75) is 83.6 Å². The van der Waals surface area contributed by atoms with Crippen molar-refractivity contribution >= 4 is 17.0 Å². The molecule has 118 valence electrons. The molecule has 0 radical (unpaired) electrons. The Morgan fingerprint density at radius 1 is 1.15 bits per heavy atom. The van der Waals surface area contributed by atoms with Crippen molar-refractivity contribution in [1.29, 1.82) is 0 Å². The molecule has 0 amide bonds. The molecule has 0 bridgehead atoms. The van der Waals surface area contributed by atoms with Gasteiger partial charge in [-0.25, -0.2) is 8.93 Å². The number of hydrogen-bond donors (Lipinski definition) is 1. The third kappa shape index (κ3) is 5.52. The number of carbonyl (C=O) groups is 1. The van der Waals surface area contributed by atoms with E-state index in [0.717, 1.165) is 12.8 Å². The standard InChI is InChI=1S/C15H29NO3S/c1-13(2,3)19-12(17)10-15(7,11-8-9-11)16-20(18)14(4,5)6/h11,16H,8-10H2,1-7H3/t15-,20-/m1/s1. The molecule has 0 aromatic heterocycles. The second kappa shape index (κ2) is 5.76. The van der Waals surface area contributed by atoms with Crippen molar-refractivity contribution < 1.29 is 13.7 Å². The molecule has 1 rings (SSSR count). The number of hydrogen-bond acceptors (Lipinski definition) is 3. The van der Waals surface area contributed by atoms with Gasteiger partial charge in [0.05, 0.1) is 22.2 Å². The minimum Gasteiger partial charge on any atom is -0.460 e. The predicted octanol–water partition coefficient (Wildman–Crippen LogP) is 2.94. The van der Waals surface area contributed by atoms with E-state index in [-0.39, 0.29) is 17.1 Å². The summed E-state index contributed by atoms with van der Waals surface area (Å²) >= 11 is 0. The average molecular weight is 303 g/mol. The van der Waals surface area contributed by atoms with Gasteiger partial charge in [0, 0.05) is 5.54 Å². The Balaban J connectivity index is 2.73. The molecular weight excluding hydrogens is 274 g/mol. The summed E-state index contributed by atoms with van der Waals surface area (Å²) in [7, 11) is -1.18. The first kappa shape index (κ1) is 17.6. The summed E-state index contributed by atoms with van der Waals surface area (Å²) in [6.45, 7) is 13.4. The molecule has 0 aliphatic heterocycles. The zero-order valence-electron chi connectivity index (χ0n) is 13.8. The monoisotopic (exact) mass is 303 g/mol. The first-order valence-electron chi connectivity index (χ1n) is 7.25. The average Bonchev–Trinajstić information content (AvgIpc) is 2.93. The first-order valence-corrected chi connectivity index (χ1v) is 8.40. The lowest BCUT2D eigenvalue weighted by Gasteiger charge is -2.33. The van der Waals surface area contributed by atoms with Gasteiger partial charge >= 0.3 is 5.97 Å². The van der Waals surface area contributed by atoms with Crippen LogP contribution in [0.25, 0.3) is 0 Å². The molecule has 4 nitrogen and oxygen atoms in total. The smallest absolute Gasteiger partial charge is 0.308 e. The van der Waals surface area contributed by atoms with E-state index in [4.69, 9.17) is 4.74 Å². The molecule has 1 fully saturated rings. The molecule has 5 heteroatoms. The summed E-state index contributed by atoms with van der Waals surface area (Å²) in [6.07, 6.45) is 2.41. The van der Waals surface area contributed by atoms with Crippen LogP contribution < -0.4 is 4.72 Å². The molecule has 1 aliphatic rings. The minimum absolute atomic E-state index is 0.231. The number of esters is 1. The third-order valence-corrected chi connectivity index (χ3v) is 5.06. The Morgan fingerprint density at radius 2 is 1.65 bits per heavy atom. The van der Waals surface area contributed by atoms with E-state index in [1.54, 1.807) is 0 Å². The molecule has 0 saturated heterocycles. The van der Waals surface area contributed by atoms with E-state index >= 15 is 0 Å². The Bertz CT molecular complexity index is 391. The summed E-state index contributed by atoms with van der Waals surface area (Å²) in [6, 6.07) is 0. The highest BCUT2D eigenvalue weighted by atomic mass is 32.2. The lowest BCUT2D eigenvalue weighted by molar-refractivity contribution is -0.156. The van der Waals surface area contributed by atoms with Gasteiger partial charge in [-0.05, 0) is 67.2 Å². The van der Waals surface area contributed by atoms with E-state index in [9.17, 15) is 9.00 Å². The second-order valence-corrected chi connectivity index (χ2v) is 9.90. The number of ether oxygens (including phenoxy) is 1. The van der Waals surface area contributed by atoms with Crippen LogP contribution in [0.1, 0.15) is 67.7 Å². The van der Waals surface area contributed by atoms with Gasteiger partial charge in [-0.3, -0.25) is 4.79 Å². The van der Waals surface area contributed by atoms with Crippen molar-refractivity contribution in [3.8, 4) is 0 Å². The first-order chi connectivity index (χ1) is 8.83. The summed E-state index contributed by atoms with van der Waals surface area (Å²) in [5.41, 5.74) is -0.925. The van der Waals surface area contributed by atoms with E-state index in [0.29, 0.717) is 5.92 Å². The Kier molecular flexibility index (Phi) is 5.08. The summed E-state index contributed by atoms with van der Waals surface area (Å²) in [5, 5.41) is 0. The van der Waals surface area contributed by atoms with E-state index in [2.05, 4.69) is 4.72 Å². The van der Waals surface area contributed by atoms with Crippen LogP contribution >= 0.6 is 0 Å². The van der Waals surface area contributed by atoms with Crippen LogP contribution in [-0.4, -0.2) is 26.1 Å². The molecule has 0 aromatic carbocycles. The SMILES string of the molecule is CC(C)(C)OC(=O)C[C@@](C)(N[S@](=O)C(C)(C)C)C1CC1. The highest BCUT2D eigenvalue weighted by Gasteiger charge is 2.45. The molecule has 20 heavy (non-hydrogen) atoms. The van der Waals surface area contributed by atoms with E-state index in [1.807, 2.05) is 48.5 Å². The Morgan fingerprint density at radius 3 is 2.00 bits per heavy atom. The highest BCUT2D eigenvalue weighted by molar-refractivity contribution is 7.84. The lowest BCUT2D eigenvalue weighted by Crippen LogP contribution is -2.51. The number of rotatable bonds is 5. The fourth-order valence-electron chi connectivity index (χ4n) is 2.03. The number of carbonyl (C=O) groups excluding carboxylic acids is 1. The van der Waals surface area contributed by atoms with Crippen molar-refractivity contribution in [2.75, 3.05) is 0 Å². The van der Waals surface area contributed by atoms with Gasteiger partial charge in [0.1, 0.15) is 5.60 Å². The zero-order chi connectivity index (χ0) is 15.8. The maximum absolute atomic E-state index is 12.3. The van der Waals surface area contributed by atoms with Gasteiger partial charge in [0.2, 0.25) is 0 Å². The number of nitrogens with one attached hydrogen (secondary N) is 1. The van der Waals surface area contributed by atoms with Crippen LogP contribution in [0.2, 0.25) is 0 Å². The van der Waals surface area contributed by atoms with Crippen molar-refractivity contribution in [1.82, 2.24) is 4.72 Å². The van der Waals surface area contributed by atoms with Gasteiger partial charge in [-0.2, -0.15) is 0 Å². The maximum atomic E-state index is 12.3. The molecule has 1 N–H and O–H groups in total. The summed E-state index contributed by atoms with van der Waals surface area (Å²) in [4.78, 5) is 12.1. The lowest BCUT2D eigenvalue weighted by atomic mass is 9.93. The summed E-state index contributed by atoms with van der Waals surface area (Å²) in [5.74, 6) is 0.173. The molecule has 0 unspecified atom stereocenters. The van der Waals surface area contributed by atoms with Crippen LogP contribution in [0.15, 0.2) is 0 Å². The fourth-order valence-corrected chi connectivity index (χ4v) is 3.00. The van der Waals surface area contributed by atoms with Crippen LogP contribution in [0.4, 0.5) is 0 Å². The van der Waals surface area contributed by atoms with E-state index < -0.39 is 22.1 Å². The van der Waals surface area contributed by atoms with Gasteiger partial charge in [-0.15, -0.1) is 0 Å². The maximum Gasteiger partial charge on any atom is 0.308 e. The molecule has 0 spiro atoms. The van der Waals surface area contributed by atoms with Gasteiger partial charge in [-0.1, -0.05) is 0 Å². The van der Waals surface area contributed by atoms with Crippen molar-refractivity contribution in [3.05, 3.63) is 0 Å². The predicted molar refractivity (Wildman–Crippen MR) is 82.6 cm³/mol. The topological polar surface area (TPSA) is 55.4 Å². The van der Waals surface area contributed by atoms with Crippen LogP contribution in [-0.2, 0) is 20.5 Å². The molecule has 0 aromatic rings. The third-order valence-electron chi connectivity index (χ3n) is 3.29. The van der Waals surface area contributed by atoms with Gasteiger partial charge in [0.25, 0.3) is 0 Å². The zero-order valence-corrected chi connectivity index (χ0v) is 14.6. The fraction of sp³-hybridized carbons (Fsp3) is 0.933. The van der Waals surface area contributed by atoms with Crippen LogP contribution in [0.5, 0.6) is 0 Å². The molecule has 1 saturated carbocycles. The molecular formula is C15H29NO3S. The van der Waals surface area contributed by atoms with E-state index in [1.165, 1.54) is 0 Å².